The lowest BCUT2D eigenvalue weighted by atomic mass is 9.46. The van der Waals surface area contributed by atoms with Gasteiger partial charge in [-0.2, -0.15) is 0 Å². The van der Waals surface area contributed by atoms with Gasteiger partial charge >= 0.3 is 5.97 Å². The summed E-state index contributed by atoms with van der Waals surface area (Å²) < 4.78 is 0. The molecule has 6 nitrogen and oxygen atoms in total. The third kappa shape index (κ3) is 4.19. The van der Waals surface area contributed by atoms with Gasteiger partial charge in [0.05, 0.1) is 12.3 Å². The van der Waals surface area contributed by atoms with E-state index in [-0.39, 0.29) is 16.8 Å². The van der Waals surface area contributed by atoms with E-state index in [1.807, 2.05) is 6.08 Å². The van der Waals surface area contributed by atoms with Crippen LogP contribution in [-0.2, 0) is 14.4 Å². The fraction of sp³-hybridized carbons (Fsp3) is 0.821. The van der Waals surface area contributed by atoms with E-state index < -0.39 is 0 Å². The predicted octanol–water partition coefficient (Wildman–Crippen LogP) is 4.30. The number of likely N-dealkylation sites (N-methyl/N-ethyl adjacent to an activating group) is 1. The van der Waals surface area contributed by atoms with Crippen molar-refractivity contribution >= 4 is 17.5 Å². The van der Waals surface area contributed by atoms with Gasteiger partial charge in [0.2, 0.25) is 0 Å². The molecule has 4 aliphatic carbocycles. The number of piperazine rings is 1. The summed E-state index contributed by atoms with van der Waals surface area (Å²) in [6.07, 6.45) is 10.9. The number of oxime groups is 1. The number of nitrogens with zero attached hydrogens (tertiary/aromatic N) is 3. The zero-order valence-electron chi connectivity index (χ0n) is 21.6. The molecule has 1 saturated heterocycles. The molecule has 5 aliphatic rings. The lowest BCUT2D eigenvalue weighted by Gasteiger charge is -2.58. The highest BCUT2D eigenvalue weighted by molar-refractivity contribution is 5.91. The van der Waals surface area contributed by atoms with Crippen molar-refractivity contribution in [1.29, 1.82) is 0 Å². The largest absolute Gasteiger partial charge is 0.348 e. The van der Waals surface area contributed by atoms with Crippen LogP contribution in [0.25, 0.3) is 0 Å². The Morgan fingerprint density at radius 3 is 2.59 bits per heavy atom. The highest BCUT2D eigenvalue weighted by Gasteiger charge is 2.59. The Morgan fingerprint density at radius 2 is 1.82 bits per heavy atom. The van der Waals surface area contributed by atoms with E-state index in [0.29, 0.717) is 30.1 Å². The van der Waals surface area contributed by atoms with Crippen LogP contribution in [0.1, 0.15) is 72.1 Å². The van der Waals surface area contributed by atoms with Gasteiger partial charge in [-0.25, -0.2) is 4.79 Å². The van der Waals surface area contributed by atoms with Crippen LogP contribution in [0.15, 0.2) is 16.8 Å². The van der Waals surface area contributed by atoms with Crippen molar-refractivity contribution in [3.63, 3.8) is 0 Å². The molecule has 0 bridgehead atoms. The summed E-state index contributed by atoms with van der Waals surface area (Å²) >= 11 is 0. The summed E-state index contributed by atoms with van der Waals surface area (Å²) in [6, 6.07) is 0. The quantitative estimate of drug-likeness (QED) is 0.349. The van der Waals surface area contributed by atoms with E-state index in [1.54, 1.807) is 0 Å². The minimum atomic E-state index is -0.237. The summed E-state index contributed by atoms with van der Waals surface area (Å²) in [6.45, 7) is 11.1. The molecule has 1 heterocycles. The first-order valence-electron chi connectivity index (χ1n) is 13.6. The van der Waals surface area contributed by atoms with E-state index in [4.69, 9.17) is 4.84 Å². The number of allylic oxidation sites excluding steroid dienone is 1. The first kappa shape index (κ1) is 24.2. The topological polar surface area (TPSA) is 62.2 Å². The van der Waals surface area contributed by atoms with E-state index >= 15 is 0 Å². The zero-order valence-corrected chi connectivity index (χ0v) is 21.6. The van der Waals surface area contributed by atoms with Crippen LogP contribution in [0, 0.1) is 34.5 Å². The average Bonchev–Trinajstić information content (AvgIpc) is 3.17. The van der Waals surface area contributed by atoms with Gasteiger partial charge in [0, 0.05) is 38.5 Å². The molecule has 0 N–H and O–H groups in total. The fourth-order valence-corrected chi connectivity index (χ4v) is 8.65. The molecule has 0 aromatic carbocycles. The van der Waals surface area contributed by atoms with E-state index in [1.165, 1.54) is 31.3 Å². The third-order valence-electron chi connectivity index (χ3n) is 10.7. The molecule has 3 saturated carbocycles. The van der Waals surface area contributed by atoms with Gasteiger partial charge in [0.1, 0.15) is 0 Å². The number of rotatable bonds is 4. The second-order valence-corrected chi connectivity index (χ2v) is 12.4. The summed E-state index contributed by atoms with van der Waals surface area (Å²) in [5.74, 6) is 2.65. The molecule has 0 amide bonds. The van der Waals surface area contributed by atoms with Crippen LogP contribution in [0.2, 0.25) is 0 Å². The molecular formula is C28H43N3O3. The maximum absolute atomic E-state index is 12.4. The number of fused-ring (bicyclic) bond motifs is 5. The Kier molecular flexibility index (Phi) is 6.52. The van der Waals surface area contributed by atoms with Gasteiger partial charge in [0.25, 0.3) is 0 Å². The van der Waals surface area contributed by atoms with Gasteiger partial charge in [0.15, 0.2) is 5.78 Å². The summed E-state index contributed by atoms with van der Waals surface area (Å²) in [5, 5.41) is 4.40. The smallest absolute Gasteiger partial charge is 0.317 e. The predicted molar refractivity (Wildman–Crippen MR) is 133 cm³/mol. The van der Waals surface area contributed by atoms with Crippen LogP contribution in [-0.4, -0.2) is 67.0 Å². The summed E-state index contributed by atoms with van der Waals surface area (Å²) in [4.78, 5) is 34.4. The van der Waals surface area contributed by atoms with Crippen molar-refractivity contribution < 1.29 is 14.4 Å². The molecule has 4 fully saturated rings. The molecule has 6 heteroatoms. The molecule has 1 unspecified atom stereocenters. The SMILES string of the molecule is C/C(=N\OC(=O)CN1CCN(C)CC1)[C@H]1CC[C@H]2C3CCC4=CC(=O)CC[C@]4(C)[C@H]3CC[C@]12C. The van der Waals surface area contributed by atoms with Crippen LogP contribution in [0.4, 0.5) is 0 Å². The highest BCUT2D eigenvalue weighted by Crippen LogP contribution is 2.66. The third-order valence-corrected chi connectivity index (χ3v) is 10.7. The molecule has 5 rings (SSSR count). The molecule has 0 aromatic heterocycles. The molecule has 1 aliphatic heterocycles. The first-order valence-corrected chi connectivity index (χ1v) is 13.6. The highest BCUT2D eigenvalue weighted by atomic mass is 16.7. The van der Waals surface area contributed by atoms with Crippen LogP contribution >= 0.6 is 0 Å². The number of hydrogen-bond donors (Lipinski definition) is 0. The first-order chi connectivity index (χ1) is 16.2. The van der Waals surface area contributed by atoms with E-state index in [0.717, 1.165) is 63.5 Å². The molecule has 188 valence electrons. The minimum Gasteiger partial charge on any atom is -0.317 e. The van der Waals surface area contributed by atoms with Gasteiger partial charge in [-0.1, -0.05) is 24.6 Å². The molecule has 34 heavy (non-hydrogen) atoms. The summed E-state index contributed by atoms with van der Waals surface area (Å²) in [5.41, 5.74) is 2.90. The molecular weight excluding hydrogens is 426 g/mol. The van der Waals surface area contributed by atoms with Gasteiger partial charge in [-0.15, -0.1) is 0 Å². The van der Waals surface area contributed by atoms with Crippen LogP contribution in [0.5, 0.6) is 0 Å². The second kappa shape index (κ2) is 9.16. The Labute approximate surface area is 205 Å². The zero-order chi connectivity index (χ0) is 24.1. The van der Waals surface area contributed by atoms with Gasteiger partial charge < -0.3 is 9.74 Å². The van der Waals surface area contributed by atoms with Crippen molar-refractivity contribution in [2.45, 2.75) is 72.1 Å². The van der Waals surface area contributed by atoms with Crippen molar-refractivity contribution in [3.05, 3.63) is 11.6 Å². The van der Waals surface area contributed by atoms with Crippen molar-refractivity contribution in [2.75, 3.05) is 39.8 Å². The lowest BCUT2D eigenvalue weighted by molar-refractivity contribution is -0.145. The normalized spacial score (nSPS) is 41.4. The van der Waals surface area contributed by atoms with E-state index in [9.17, 15) is 9.59 Å². The number of carbonyl (C=O) groups excluding carboxylic acids is 2. The van der Waals surface area contributed by atoms with Crippen molar-refractivity contribution in [2.24, 2.45) is 39.7 Å². The minimum absolute atomic E-state index is 0.220. The Balaban J connectivity index is 1.24. The van der Waals surface area contributed by atoms with Gasteiger partial charge in [-0.05, 0) is 93.6 Å². The van der Waals surface area contributed by atoms with Crippen molar-refractivity contribution in [3.8, 4) is 0 Å². The molecule has 0 radical (unpaired) electrons. The number of hydrogen-bond acceptors (Lipinski definition) is 6. The number of ketones is 1. The lowest BCUT2D eigenvalue weighted by Crippen LogP contribution is -2.51. The van der Waals surface area contributed by atoms with E-state index in [2.05, 4.69) is 42.8 Å². The van der Waals surface area contributed by atoms with Crippen molar-refractivity contribution in [1.82, 2.24) is 9.80 Å². The van der Waals surface area contributed by atoms with Gasteiger partial charge in [-0.3, -0.25) is 9.69 Å². The Morgan fingerprint density at radius 1 is 1.06 bits per heavy atom. The van der Waals surface area contributed by atoms with Crippen LogP contribution in [0.3, 0.4) is 0 Å². The summed E-state index contributed by atoms with van der Waals surface area (Å²) in [7, 11) is 2.12. The Hall–Kier alpha value is -1.53. The number of carbonyl (C=O) groups is 2. The Bertz CT molecular complexity index is 889. The monoisotopic (exact) mass is 469 g/mol. The van der Waals surface area contributed by atoms with Crippen LogP contribution < -0.4 is 0 Å². The standard InChI is InChI=1S/C28H43N3O3/c1-19(29-34-26(33)18-31-15-13-30(4)14-16-31)23-7-8-24-22-6-5-20-17-21(32)9-11-27(20,2)25(22)10-12-28(23,24)3/h17,22-25H,5-16,18H2,1-4H3/b29-19+/t22?,23-,24+,25+,27+,28-/m1/s1. The average molecular weight is 470 g/mol. The maximum Gasteiger partial charge on any atom is 0.348 e. The molecule has 0 aromatic rings. The maximum atomic E-state index is 12.4. The molecule has 6 atom stereocenters. The molecule has 0 spiro atoms. The fourth-order valence-electron chi connectivity index (χ4n) is 8.65. The second-order valence-electron chi connectivity index (χ2n) is 12.4.